The van der Waals surface area contributed by atoms with E-state index in [9.17, 15) is 13.2 Å². The van der Waals surface area contributed by atoms with E-state index in [0.29, 0.717) is 25.7 Å². The first-order valence-electron chi connectivity index (χ1n) is 5.48. The Balaban J connectivity index is 2.37. The summed E-state index contributed by atoms with van der Waals surface area (Å²) in [6, 6.07) is 4.87. The van der Waals surface area contributed by atoms with E-state index >= 15 is 0 Å². The number of aromatic nitrogens is 1. The van der Waals surface area contributed by atoms with E-state index in [2.05, 4.69) is 26.2 Å². The molecule has 0 saturated heterocycles. The fourth-order valence-electron chi connectivity index (χ4n) is 1.72. The molecule has 108 valence electrons. The lowest BCUT2D eigenvalue weighted by Gasteiger charge is -2.15. The van der Waals surface area contributed by atoms with Gasteiger partial charge in [-0.25, -0.2) is 4.98 Å². The van der Waals surface area contributed by atoms with E-state index in [0.717, 1.165) is 5.56 Å². The van der Waals surface area contributed by atoms with Crippen molar-refractivity contribution in [2.45, 2.75) is 12.2 Å². The molecule has 0 radical (unpaired) electrons. The second-order valence-corrected chi connectivity index (χ2v) is 6.28. The zero-order valence-electron chi connectivity index (χ0n) is 10.1. The number of alkyl halides is 3. The van der Waals surface area contributed by atoms with Gasteiger partial charge in [0.1, 0.15) is 0 Å². The summed E-state index contributed by atoms with van der Waals surface area (Å²) in [5.41, 5.74) is 0.807. The van der Waals surface area contributed by atoms with E-state index in [1.54, 1.807) is 25.2 Å². The molecule has 0 fully saturated rings. The Morgan fingerprint density at radius 3 is 2.60 bits per heavy atom. The average Bonchev–Trinajstić information content (AvgIpc) is 2.84. The van der Waals surface area contributed by atoms with Crippen molar-refractivity contribution in [2.24, 2.45) is 0 Å². The van der Waals surface area contributed by atoms with Gasteiger partial charge in [-0.05, 0) is 40.7 Å². The highest BCUT2D eigenvalue weighted by molar-refractivity contribution is 9.10. The highest BCUT2D eigenvalue weighted by Crippen LogP contribution is 2.36. The fraction of sp³-hybridized carbons (Fsp3) is 0.250. The zero-order valence-corrected chi connectivity index (χ0v) is 13.3. The molecular weight excluding hydrogens is 377 g/mol. The molecule has 0 aliphatic rings. The molecule has 1 unspecified atom stereocenters. The van der Waals surface area contributed by atoms with Gasteiger partial charge >= 0.3 is 6.18 Å². The van der Waals surface area contributed by atoms with Crippen LogP contribution in [0.4, 0.5) is 13.2 Å². The Morgan fingerprint density at radius 2 is 2.10 bits per heavy atom. The normalized spacial score (nSPS) is 13.5. The van der Waals surface area contributed by atoms with Crippen LogP contribution >= 0.6 is 38.9 Å². The van der Waals surface area contributed by atoms with Crippen LogP contribution in [0.3, 0.4) is 0 Å². The van der Waals surface area contributed by atoms with Crippen LogP contribution in [0.2, 0.25) is 5.02 Å². The largest absolute Gasteiger partial charge is 0.443 e. The lowest BCUT2D eigenvalue weighted by atomic mass is 10.1. The molecular formula is C12H9BrClF3N2S. The number of thiazole rings is 1. The van der Waals surface area contributed by atoms with Crippen molar-refractivity contribution >= 4 is 38.9 Å². The summed E-state index contributed by atoms with van der Waals surface area (Å²) in [7, 11) is 1.68. The summed E-state index contributed by atoms with van der Waals surface area (Å²) in [6.07, 6.45) is -3.17. The van der Waals surface area contributed by atoms with Crippen molar-refractivity contribution in [1.29, 1.82) is 0 Å². The minimum absolute atomic E-state index is 0.364. The van der Waals surface area contributed by atoms with Gasteiger partial charge in [0, 0.05) is 15.5 Å². The van der Waals surface area contributed by atoms with E-state index < -0.39 is 11.2 Å². The van der Waals surface area contributed by atoms with Crippen LogP contribution in [0, 0.1) is 0 Å². The summed E-state index contributed by atoms with van der Waals surface area (Å²) in [5, 5.41) is 2.68. The lowest BCUT2D eigenvalue weighted by Crippen LogP contribution is -2.16. The van der Waals surface area contributed by atoms with Crippen molar-refractivity contribution in [3.05, 3.63) is 49.3 Å². The van der Waals surface area contributed by atoms with Gasteiger partial charge in [0.15, 0.2) is 5.01 Å². The second-order valence-electron chi connectivity index (χ2n) is 3.96. The molecule has 0 spiro atoms. The van der Waals surface area contributed by atoms with Crippen molar-refractivity contribution < 1.29 is 13.2 Å². The van der Waals surface area contributed by atoms with E-state index in [1.807, 2.05) is 0 Å². The van der Waals surface area contributed by atoms with Crippen LogP contribution in [-0.4, -0.2) is 12.0 Å². The molecule has 1 N–H and O–H groups in total. The first-order chi connectivity index (χ1) is 9.32. The number of hydrogen-bond donors (Lipinski definition) is 1. The summed E-state index contributed by atoms with van der Waals surface area (Å²) in [4.78, 5) is 3.93. The van der Waals surface area contributed by atoms with E-state index in [4.69, 9.17) is 11.6 Å². The van der Waals surface area contributed by atoms with Crippen molar-refractivity contribution in [3.8, 4) is 0 Å². The highest BCUT2D eigenvalue weighted by Gasteiger charge is 2.35. The molecule has 0 aliphatic carbocycles. The van der Waals surface area contributed by atoms with Crippen LogP contribution in [0.15, 0.2) is 28.9 Å². The van der Waals surface area contributed by atoms with Crippen molar-refractivity contribution in [1.82, 2.24) is 10.3 Å². The van der Waals surface area contributed by atoms with Gasteiger partial charge in [-0.3, -0.25) is 0 Å². The maximum atomic E-state index is 12.6. The van der Waals surface area contributed by atoms with Crippen LogP contribution < -0.4 is 5.32 Å². The first-order valence-corrected chi connectivity index (χ1v) is 7.47. The summed E-state index contributed by atoms with van der Waals surface area (Å²) < 4.78 is 38.5. The van der Waals surface area contributed by atoms with Gasteiger partial charge in [-0.15, -0.1) is 11.3 Å². The molecule has 2 aromatic rings. The molecule has 0 aliphatic heterocycles. The van der Waals surface area contributed by atoms with Gasteiger partial charge in [0.2, 0.25) is 0 Å². The smallest absolute Gasteiger partial charge is 0.309 e. The summed E-state index contributed by atoms with van der Waals surface area (Å²) in [6.45, 7) is 0. The van der Waals surface area contributed by atoms with E-state index in [1.165, 1.54) is 6.20 Å². The molecule has 20 heavy (non-hydrogen) atoms. The molecule has 1 heterocycles. The minimum atomic E-state index is -4.41. The molecule has 8 heteroatoms. The third-order valence-electron chi connectivity index (χ3n) is 2.62. The number of rotatable bonds is 3. The van der Waals surface area contributed by atoms with Gasteiger partial charge in [-0.1, -0.05) is 17.7 Å². The summed E-state index contributed by atoms with van der Waals surface area (Å²) in [5.74, 6) is 0. The molecule has 1 aromatic heterocycles. The molecule has 0 amide bonds. The zero-order chi connectivity index (χ0) is 14.9. The van der Waals surface area contributed by atoms with Crippen LogP contribution in [0.1, 0.15) is 21.5 Å². The molecule has 1 atom stereocenters. The van der Waals surface area contributed by atoms with Gasteiger partial charge < -0.3 is 5.32 Å². The topological polar surface area (TPSA) is 24.9 Å². The third-order valence-corrected chi connectivity index (χ3v) is 4.94. The summed E-state index contributed by atoms with van der Waals surface area (Å²) >= 11 is 9.84. The monoisotopic (exact) mass is 384 g/mol. The second kappa shape index (κ2) is 6.01. The Hall–Kier alpha value is -0.630. The van der Waals surface area contributed by atoms with Gasteiger partial charge in [0.25, 0.3) is 0 Å². The number of benzene rings is 1. The van der Waals surface area contributed by atoms with Crippen LogP contribution in [0.5, 0.6) is 0 Å². The lowest BCUT2D eigenvalue weighted by molar-refractivity contribution is -0.137. The van der Waals surface area contributed by atoms with Crippen molar-refractivity contribution in [2.75, 3.05) is 7.05 Å². The Morgan fingerprint density at radius 1 is 1.40 bits per heavy atom. The predicted molar refractivity (Wildman–Crippen MR) is 77.2 cm³/mol. The number of nitrogens with one attached hydrogen (secondary N) is 1. The standard InChI is InChI=1S/C12H9BrClF3N2S/c1-18-10(6-2-3-8(14)7(13)4-6)9-5-19-11(20-9)12(15,16)17/h2-5,10,18H,1H3. The number of hydrogen-bond acceptors (Lipinski definition) is 3. The molecule has 1 aromatic carbocycles. The number of halogens is 5. The quantitative estimate of drug-likeness (QED) is 0.814. The Kier molecular flexibility index (Phi) is 4.73. The highest BCUT2D eigenvalue weighted by atomic mass is 79.9. The maximum absolute atomic E-state index is 12.6. The maximum Gasteiger partial charge on any atom is 0.443 e. The molecule has 0 saturated carbocycles. The van der Waals surface area contributed by atoms with Crippen LogP contribution in [-0.2, 0) is 6.18 Å². The fourth-order valence-corrected chi connectivity index (χ4v) is 3.15. The third kappa shape index (κ3) is 3.33. The van der Waals surface area contributed by atoms with Crippen molar-refractivity contribution in [3.63, 3.8) is 0 Å². The Bertz CT molecular complexity index is 615. The predicted octanol–water partition coefficient (Wildman–Crippen LogP) is 4.89. The van der Waals surface area contributed by atoms with Gasteiger partial charge in [-0.2, -0.15) is 13.2 Å². The Labute approximate surface area is 131 Å². The van der Waals surface area contributed by atoms with Gasteiger partial charge in [0.05, 0.1) is 11.1 Å². The SMILES string of the molecule is CNC(c1ccc(Cl)c(Br)c1)c1cnc(C(F)(F)F)s1. The minimum Gasteiger partial charge on any atom is -0.309 e. The molecule has 2 nitrogen and oxygen atoms in total. The van der Waals surface area contributed by atoms with E-state index in [-0.39, 0.29) is 6.04 Å². The number of nitrogens with zero attached hydrogens (tertiary/aromatic N) is 1. The molecule has 0 bridgehead atoms. The first kappa shape index (κ1) is 15.8. The average molecular weight is 386 g/mol. The van der Waals surface area contributed by atoms with Crippen LogP contribution in [0.25, 0.3) is 0 Å². The molecule has 2 rings (SSSR count).